The van der Waals surface area contributed by atoms with Gasteiger partial charge in [-0.15, -0.1) is 0 Å². The Balaban J connectivity index is 2.12. The zero-order valence-corrected chi connectivity index (χ0v) is 15.3. The van der Waals surface area contributed by atoms with Gasteiger partial charge in [-0.1, -0.05) is 25.4 Å². The van der Waals surface area contributed by atoms with Crippen LogP contribution >= 0.6 is 11.6 Å². The van der Waals surface area contributed by atoms with Gasteiger partial charge in [-0.25, -0.2) is 13.4 Å². The quantitative estimate of drug-likeness (QED) is 0.779. The Hall–Kier alpha value is -1.99. The second-order valence-electron chi connectivity index (χ2n) is 5.61. The number of hydrogen-bond donors (Lipinski definition) is 2. The number of hydrogen-bond acceptors (Lipinski definition) is 5. The molecule has 2 aromatic rings. The van der Waals surface area contributed by atoms with Gasteiger partial charge in [0.1, 0.15) is 11.6 Å². The number of sulfonamides is 1. The molecular formula is C16H20ClN3O3S. The number of methoxy groups -OCH3 is 1. The van der Waals surface area contributed by atoms with Crippen molar-refractivity contribution in [3.05, 3.63) is 41.6 Å². The van der Waals surface area contributed by atoms with Gasteiger partial charge >= 0.3 is 0 Å². The van der Waals surface area contributed by atoms with E-state index in [0.29, 0.717) is 23.2 Å². The molecular weight excluding hydrogens is 350 g/mol. The predicted molar refractivity (Wildman–Crippen MR) is 96.4 cm³/mol. The predicted octanol–water partition coefficient (Wildman–Crippen LogP) is 3.61. The number of anilines is 2. The lowest BCUT2D eigenvalue weighted by Crippen LogP contribution is -2.13. The molecule has 0 bridgehead atoms. The zero-order valence-electron chi connectivity index (χ0n) is 13.7. The molecule has 0 radical (unpaired) electrons. The maximum atomic E-state index is 12.4. The van der Waals surface area contributed by atoms with E-state index < -0.39 is 10.0 Å². The molecule has 0 fully saturated rings. The van der Waals surface area contributed by atoms with Crippen molar-refractivity contribution in [3.8, 4) is 5.75 Å². The van der Waals surface area contributed by atoms with Crippen LogP contribution in [0, 0.1) is 5.92 Å². The summed E-state index contributed by atoms with van der Waals surface area (Å²) in [5, 5.41) is 3.39. The van der Waals surface area contributed by atoms with Crippen LogP contribution in [0.15, 0.2) is 41.4 Å². The number of halogens is 1. The molecule has 0 aliphatic carbocycles. The van der Waals surface area contributed by atoms with E-state index in [0.717, 1.165) is 6.54 Å². The van der Waals surface area contributed by atoms with Crippen molar-refractivity contribution >= 4 is 33.1 Å². The highest BCUT2D eigenvalue weighted by Gasteiger charge is 2.16. The smallest absolute Gasteiger partial charge is 0.261 e. The van der Waals surface area contributed by atoms with Gasteiger partial charge in [-0.05, 0) is 36.2 Å². The number of nitrogens with zero attached hydrogens (tertiary/aromatic N) is 1. The van der Waals surface area contributed by atoms with Crippen LogP contribution in [0.4, 0.5) is 11.5 Å². The summed E-state index contributed by atoms with van der Waals surface area (Å²) in [7, 11) is -2.28. The Kier molecular flexibility index (Phi) is 5.90. The van der Waals surface area contributed by atoms with Crippen LogP contribution in [0.5, 0.6) is 5.75 Å². The first-order valence-electron chi connectivity index (χ1n) is 7.38. The number of benzene rings is 1. The van der Waals surface area contributed by atoms with E-state index in [-0.39, 0.29) is 9.92 Å². The molecule has 0 aliphatic heterocycles. The first-order chi connectivity index (χ1) is 11.3. The number of rotatable bonds is 7. The minimum Gasteiger partial charge on any atom is -0.495 e. The summed E-state index contributed by atoms with van der Waals surface area (Å²) in [6.07, 6.45) is 1.46. The van der Waals surface area contributed by atoms with Crippen molar-refractivity contribution in [1.29, 1.82) is 0 Å². The third-order valence-corrected chi connectivity index (χ3v) is 4.82. The van der Waals surface area contributed by atoms with E-state index in [4.69, 9.17) is 16.3 Å². The second kappa shape index (κ2) is 7.72. The molecule has 24 heavy (non-hydrogen) atoms. The van der Waals surface area contributed by atoms with Crippen molar-refractivity contribution < 1.29 is 13.2 Å². The van der Waals surface area contributed by atoms with Crippen molar-refractivity contribution in [2.75, 3.05) is 23.7 Å². The maximum absolute atomic E-state index is 12.4. The summed E-state index contributed by atoms with van der Waals surface area (Å²) in [5.74, 6) is 1.60. The summed E-state index contributed by atoms with van der Waals surface area (Å²) in [5.41, 5.74) is 0.372. The fourth-order valence-corrected chi connectivity index (χ4v) is 3.29. The highest BCUT2D eigenvalue weighted by atomic mass is 35.5. The first-order valence-corrected chi connectivity index (χ1v) is 9.24. The van der Waals surface area contributed by atoms with Gasteiger partial charge in [0, 0.05) is 6.54 Å². The topological polar surface area (TPSA) is 80.3 Å². The first kappa shape index (κ1) is 18.4. The lowest BCUT2D eigenvalue weighted by molar-refractivity contribution is 0.414. The van der Waals surface area contributed by atoms with Crippen LogP contribution < -0.4 is 14.8 Å². The Labute approximate surface area is 147 Å². The van der Waals surface area contributed by atoms with E-state index in [1.807, 2.05) is 0 Å². The molecule has 0 saturated carbocycles. The molecule has 0 aliphatic rings. The molecule has 6 nitrogen and oxygen atoms in total. The number of aromatic nitrogens is 1. The summed E-state index contributed by atoms with van der Waals surface area (Å²) < 4.78 is 32.3. The standard InChI is InChI=1S/C16H20ClN3O3S/c1-11(2)9-18-16-7-4-12(10-19-16)20-24(21,22)13-5-6-15(23-3)14(17)8-13/h4-8,10-11,20H,9H2,1-3H3,(H,18,19). The average molecular weight is 370 g/mol. The Morgan fingerprint density at radius 2 is 2.00 bits per heavy atom. The Morgan fingerprint density at radius 1 is 1.25 bits per heavy atom. The molecule has 2 rings (SSSR count). The normalized spacial score (nSPS) is 11.4. The summed E-state index contributed by atoms with van der Waals surface area (Å²) in [6, 6.07) is 7.65. The summed E-state index contributed by atoms with van der Waals surface area (Å²) in [6.45, 7) is 4.98. The Bertz CT molecular complexity index is 793. The van der Waals surface area contributed by atoms with E-state index in [1.165, 1.54) is 31.5 Å². The SMILES string of the molecule is COc1ccc(S(=O)(=O)Nc2ccc(NCC(C)C)nc2)cc1Cl. The maximum Gasteiger partial charge on any atom is 0.261 e. The highest BCUT2D eigenvalue weighted by Crippen LogP contribution is 2.27. The van der Waals surface area contributed by atoms with Crippen molar-refractivity contribution in [2.45, 2.75) is 18.7 Å². The van der Waals surface area contributed by atoms with E-state index >= 15 is 0 Å². The lowest BCUT2D eigenvalue weighted by atomic mass is 10.2. The summed E-state index contributed by atoms with van der Waals surface area (Å²) in [4.78, 5) is 4.24. The fraction of sp³-hybridized carbons (Fsp3) is 0.312. The molecule has 130 valence electrons. The molecule has 0 amide bonds. The Morgan fingerprint density at radius 3 is 2.54 bits per heavy atom. The molecule has 1 aromatic heterocycles. The van der Waals surface area contributed by atoms with Crippen molar-refractivity contribution in [1.82, 2.24) is 4.98 Å². The van der Waals surface area contributed by atoms with Crippen molar-refractivity contribution in [3.63, 3.8) is 0 Å². The molecule has 1 aromatic carbocycles. The highest BCUT2D eigenvalue weighted by molar-refractivity contribution is 7.92. The van der Waals surface area contributed by atoms with Crippen LogP contribution in [0.1, 0.15) is 13.8 Å². The number of ether oxygens (including phenoxy) is 1. The second-order valence-corrected chi connectivity index (χ2v) is 7.70. The molecule has 8 heteroatoms. The van der Waals surface area contributed by atoms with Gasteiger partial charge in [-0.3, -0.25) is 4.72 Å². The van der Waals surface area contributed by atoms with Crippen LogP contribution in [0.25, 0.3) is 0 Å². The minimum atomic E-state index is -3.75. The van der Waals surface area contributed by atoms with Gasteiger partial charge in [0.2, 0.25) is 0 Å². The fourth-order valence-electron chi connectivity index (χ4n) is 1.90. The molecule has 0 atom stereocenters. The van der Waals surface area contributed by atoms with Crippen LogP contribution in [0.2, 0.25) is 5.02 Å². The third-order valence-electron chi connectivity index (χ3n) is 3.14. The zero-order chi connectivity index (χ0) is 17.7. The molecule has 0 unspecified atom stereocenters. The number of pyridine rings is 1. The monoisotopic (exact) mass is 369 g/mol. The molecule has 1 heterocycles. The van der Waals surface area contributed by atoms with Gasteiger partial charge < -0.3 is 10.1 Å². The molecule has 0 saturated heterocycles. The largest absolute Gasteiger partial charge is 0.495 e. The van der Waals surface area contributed by atoms with Crippen molar-refractivity contribution in [2.24, 2.45) is 5.92 Å². The number of nitrogens with one attached hydrogen (secondary N) is 2. The van der Waals surface area contributed by atoms with Crippen LogP contribution in [0.3, 0.4) is 0 Å². The lowest BCUT2D eigenvalue weighted by Gasteiger charge is -2.11. The van der Waals surface area contributed by atoms with E-state index in [2.05, 4.69) is 28.9 Å². The van der Waals surface area contributed by atoms with E-state index in [9.17, 15) is 8.42 Å². The van der Waals surface area contributed by atoms with Gasteiger partial charge in [0.05, 0.1) is 28.9 Å². The van der Waals surface area contributed by atoms with Crippen LogP contribution in [-0.4, -0.2) is 27.1 Å². The van der Waals surface area contributed by atoms with Gasteiger partial charge in [-0.2, -0.15) is 0 Å². The van der Waals surface area contributed by atoms with Gasteiger partial charge in [0.25, 0.3) is 10.0 Å². The minimum absolute atomic E-state index is 0.0512. The summed E-state index contributed by atoms with van der Waals surface area (Å²) >= 11 is 5.98. The van der Waals surface area contributed by atoms with E-state index in [1.54, 1.807) is 12.1 Å². The van der Waals surface area contributed by atoms with Crippen LogP contribution in [-0.2, 0) is 10.0 Å². The third kappa shape index (κ3) is 4.75. The average Bonchev–Trinajstić information content (AvgIpc) is 2.53. The van der Waals surface area contributed by atoms with Gasteiger partial charge in [0.15, 0.2) is 0 Å². The molecule has 0 spiro atoms. The molecule has 2 N–H and O–H groups in total.